The van der Waals surface area contributed by atoms with Crippen LogP contribution in [-0.4, -0.2) is 31.4 Å². The molecule has 3 aliphatic carbocycles. The van der Waals surface area contributed by atoms with Gasteiger partial charge in [-0.2, -0.15) is 0 Å². The maximum Gasteiger partial charge on any atom is 0.192 e. The van der Waals surface area contributed by atoms with Gasteiger partial charge in [0.25, 0.3) is 0 Å². The summed E-state index contributed by atoms with van der Waals surface area (Å²) in [6, 6.07) is 0. The van der Waals surface area contributed by atoms with Crippen molar-refractivity contribution in [1.82, 2.24) is 0 Å². The van der Waals surface area contributed by atoms with Gasteiger partial charge in [-0.05, 0) is 109 Å². The van der Waals surface area contributed by atoms with Crippen molar-refractivity contribution < 1.29 is 14.3 Å². The summed E-state index contributed by atoms with van der Waals surface area (Å²) >= 11 is 0. The van der Waals surface area contributed by atoms with Crippen LogP contribution in [0.1, 0.15) is 120 Å². The highest BCUT2D eigenvalue weighted by atomic mass is 28.4. The minimum atomic E-state index is -1.91. The second-order valence-corrected chi connectivity index (χ2v) is 22.5. The second kappa shape index (κ2) is 14.3. The molecule has 0 amide bonds. The maximum atomic E-state index is 13.2. The number of carbonyl (C=O) groups excluding carboxylic acids is 1. The topological polar surface area (TPSA) is 46.5 Å². The van der Waals surface area contributed by atoms with Crippen molar-refractivity contribution in [3.8, 4) is 0 Å². The lowest BCUT2D eigenvalue weighted by molar-refractivity contribution is -0.131. The molecule has 0 bridgehead atoms. The van der Waals surface area contributed by atoms with E-state index < -0.39 is 14.4 Å². The Morgan fingerprint density at radius 1 is 1.11 bits per heavy atom. The van der Waals surface area contributed by atoms with E-state index in [-0.39, 0.29) is 28.4 Å². The van der Waals surface area contributed by atoms with E-state index in [1.807, 2.05) is 26.8 Å². The fraction of sp³-hybridized carbons (Fsp3) is 0.775. The van der Waals surface area contributed by atoms with Crippen LogP contribution in [0, 0.1) is 46.3 Å². The molecular formula is C40H68O3Si. The molecule has 0 aromatic rings. The van der Waals surface area contributed by atoms with Crippen molar-refractivity contribution in [2.45, 2.75) is 150 Å². The number of hydrogen-bond acceptors (Lipinski definition) is 3. The number of carbonyl (C=O) groups is 1. The van der Waals surface area contributed by atoms with E-state index in [0.717, 1.165) is 30.8 Å². The smallest absolute Gasteiger partial charge is 0.192 e. The molecular weight excluding hydrogens is 557 g/mol. The van der Waals surface area contributed by atoms with Crippen LogP contribution in [0.4, 0.5) is 0 Å². The summed E-state index contributed by atoms with van der Waals surface area (Å²) in [4.78, 5) is 13.2. The number of rotatable bonds is 11. The van der Waals surface area contributed by atoms with Gasteiger partial charge < -0.3 is 9.53 Å². The Hall–Kier alpha value is -1.23. The van der Waals surface area contributed by atoms with Crippen LogP contribution < -0.4 is 0 Å². The molecule has 0 aromatic carbocycles. The summed E-state index contributed by atoms with van der Waals surface area (Å²) in [6.07, 6.45) is 18.6. The second-order valence-electron chi connectivity index (χ2n) is 17.7. The van der Waals surface area contributed by atoms with Gasteiger partial charge in [0.1, 0.15) is 5.78 Å². The normalized spacial score (nSPS) is 33.3. The lowest BCUT2D eigenvalue weighted by Gasteiger charge is -2.46. The van der Waals surface area contributed by atoms with Gasteiger partial charge in [-0.3, -0.25) is 4.79 Å². The molecule has 3 nitrogen and oxygen atoms in total. The van der Waals surface area contributed by atoms with E-state index in [1.165, 1.54) is 37.7 Å². The molecule has 3 aliphatic rings. The summed E-state index contributed by atoms with van der Waals surface area (Å²) in [7, 11) is -1.91. The van der Waals surface area contributed by atoms with Gasteiger partial charge in [-0.15, -0.1) is 6.58 Å². The van der Waals surface area contributed by atoms with Crippen molar-refractivity contribution in [3.63, 3.8) is 0 Å². The van der Waals surface area contributed by atoms with E-state index >= 15 is 0 Å². The number of hydrogen-bond donors (Lipinski definition) is 1. The molecule has 0 saturated heterocycles. The number of aliphatic hydroxyl groups excluding tert-OH is 1. The Morgan fingerprint density at radius 3 is 2.36 bits per heavy atom. The third-order valence-electron chi connectivity index (χ3n) is 12.5. The largest absolute Gasteiger partial charge is 0.413 e. The molecule has 0 radical (unpaired) electrons. The zero-order valence-corrected chi connectivity index (χ0v) is 31.5. The van der Waals surface area contributed by atoms with Crippen molar-refractivity contribution in [2.75, 3.05) is 0 Å². The summed E-state index contributed by atoms with van der Waals surface area (Å²) in [5.74, 6) is 3.15. The minimum Gasteiger partial charge on any atom is -0.413 e. The Labute approximate surface area is 273 Å². The van der Waals surface area contributed by atoms with Gasteiger partial charge in [0.2, 0.25) is 0 Å². The van der Waals surface area contributed by atoms with Gasteiger partial charge in [-0.25, -0.2) is 0 Å². The average molecular weight is 625 g/mol. The molecule has 9 atom stereocenters. The third kappa shape index (κ3) is 8.37. The molecule has 44 heavy (non-hydrogen) atoms. The average Bonchev–Trinajstić information content (AvgIpc) is 3.27. The molecule has 0 spiro atoms. The van der Waals surface area contributed by atoms with Crippen LogP contribution in [0.15, 0.2) is 48.6 Å². The molecule has 250 valence electrons. The predicted molar refractivity (Wildman–Crippen MR) is 191 cm³/mol. The summed E-state index contributed by atoms with van der Waals surface area (Å²) in [5.41, 5.74) is 2.17. The Bertz CT molecular complexity index is 1080. The molecule has 3 fully saturated rings. The highest BCUT2D eigenvalue weighted by Crippen LogP contribution is 2.60. The number of fused-ring (bicyclic) bond motifs is 1. The molecule has 0 aliphatic heterocycles. The summed E-state index contributed by atoms with van der Waals surface area (Å²) in [5, 5.41) is 11.1. The first-order valence-corrected chi connectivity index (χ1v) is 20.7. The standard InChI is InChI=1S/C40H68O3Si/c1-14-16-33(37(42)38(5,6)7)27(2)18-19-28(3)34-22-23-35-30(17-15-24-40(34,35)11)20-21-31-25-32(26-36(41)29(31)4)43-44(12,13)39(8,9)10/h14,18-19,21,27-28,30,32-36,41H,1,4,15-17,20,22-26H2,2-3,5-13H3/b19-18+,31-21-/t27-,28-,30?,32-,33+,34?,35?,36+,40-/m1/s1. The van der Waals surface area contributed by atoms with E-state index in [2.05, 4.69) is 86.0 Å². The van der Waals surface area contributed by atoms with Gasteiger partial charge in [0.15, 0.2) is 8.32 Å². The highest BCUT2D eigenvalue weighted by Gasteiger charge is 2.52. The van der Waals surface area contributed by atoms with Crippen molar-refractivity contribution in [1.29, 1.82) is 0 Å². The van der Waals surface area contributed by atoms with Gasteiger partial charge in [0, 0.05) is 17.8 Å². The fourth-order valence-electron chi connectivity index (χ4n) is 8.70. The Balaban J connectivity index is 1.70. The molecule has 3 rings (SSSR count). The number of aliphatic hydroxyl groups is 1. The van der Waals surface area contributed by atoms with E-state index in [0.29, 0.717) is 35.4 Å². The third-order valence-corrected chi connectivity index (χ3v) is 17.0. The number of allylic oxidation sites excluding steroid dienone is 4. The zero-order valence-electron chi connectivity index (χ0n) is 30.5. The van der Waals surface area contributed by atoms with Crippen LogP contribution >= 0.6 is 0 Å². The van der Waals surface area contributed by atoms with Crippen LogP contribution in [0.25, 0.3) is 0 Å². The Kier molecular flexibility index (Phi) is 12.1. The highest BCUT2D eigenvalue weighted by molar-refractivity contribution is 6.74. The number of Topliss-reactive ketones (excluding diaryl/α,β-unsaturated/α-hetero) is 1. The minimum absolute atomic E-state index is 0.00473. The first-order valence-electron chi connectivity index (χ1n) is 17.8. The number of ketones is 1. The summed E-state index contributed by atoms with van der Waals surface area (Å²) < 4.78 is 6.77. The first kappa shape index (κ1) is 37.2. The summed E-state index contributed by atoms with van der Waals surface area (Å²) in [6.45, 7) is 33.1. The lowest BCUT2D eigenvalue weighted by Crippen LogP contribution is -2.46. The van der Waals surface area contributed by atoms with Crippen LogP contribution in [0.3, 0.4) is 0 Å². The van der Waals surface area contributed by atoms with E-state index in [4.69, 9.17) is 4.43 Å². The van der Waals surface area contributed by atoms with Crippen molar-refractivity contribution >= 4 is 14.1 Å². The van der Waals surface area contributed by atoms with Crippen LogP contribution in [0.5, 0.6) is 0 Å². The molecule has 3 unspecified atom stereocenters. The van der Waals surface area contributed by atoms with Gasteiger partial charge in [0.05, 0.1) is 12.2 Å². The van der Waals surface area contributed by atoms with Crippen LogP contribution in [-0.2, 0) is 9.22 Å². The zero-order chi connectivity index (χ0) is 33.3. The molecule has 4 heteroatoms. The van der Waals surface area contributed by atoms with E-state index in [1.54, 1.807) is 0 Å². The predicted octanol–water partition coefficient (Wildman–Crippen LogP) is 10.9. The molecule has 1 N–H and O–H groups in total. The quantitative estimate of drug-likeness (QED) is 0.184. The SMILES string of the molecule is C=CC[C@H](C(=O)C(C)(C)C)[C@H](C)/C=C/[C@@H](C)C1CCC2C(C/C=C3/C[C@@H](O[Si](C)(C)C(C)(C)C)C[C@H](O)C3=C)CCC[C@@]21C. The van der Waals surface area contributed by atoms with Crippen LogP contribution in [0.2, 0.25) is 18.1 Å². The van der Waals surface area contributed by atoms with Gasteiger partial charge in [-0.1, -0.05) is 99.6 Å². The molecule has 0 aromatic heterocycles. The molecule has 0 heterocycles. The maximum absolute atomic E-state index is 13.2. The fourth-order valence-corrected chi connectivity index (χ4v) is 10.1. The van der Waals surface area contributed by atoms with Crippen molar-refractivity contribution in [2.24, 2.45) is 46.3 Å². The molecule has 3 saturated carbocycles. The van der Waals surface area contributed by atoms with E-state index in [9.17, 15) is 9.90 Å². The Morgan fingerprint density at radius 2 is 1.77 bits per heavy atom. The van der Waals surface area contributed by atoms with Crippen molar-refractivity contribution in [3.05, 3.63) is 48.6 Å². The van der Waals surface area contributed by atoms with Gasteiger partial charge >= 0.3 is 0 Å². The lowest BCUT2D eigenvalue weighted by atomic mass is 9.58. The first-order chi connectivity index (χ1) is 20.2. The monoisotopic (exact) mass is 624 g/mol.